The lowest BCUT2D eigenvalue weighted by atomic mass is 10.0. The molecule has 0 aliphatic carbocycles. The standard InChI is InChI=1S/C18H18N4O7/c1-11(2)12-3-5-15(6-4-12)29-10-17(23)20-19-9-13-7-14(21(25)26)8-16(18(13)24)22(27)28/h3-9,11,24H,10H2,1-2H3,(H,20,23)/b19-9-. The van der Waals surface area contributed by atoms with E-state index < -0.39 is 32.9 Å². The van der Waals surface area contributed by atoms with E-state index in [2.05, 4.69) is 24.4 Å². The zero-order valence-electron chi connectivity index (χ0n) is 15.6. The second-order valence-corrected chi connectivity index (χ2v) is 6.22. The molecule has 0 heterocycles. The molecule has 0 bridgehead atoms. The largest absolute Gasteiger partial charge is 0.502 e. The maximum Gasteiger partial charge on any atom is 0.318 e. The van der Waals surface area contributed by atoms with E-state index in [4.69, 9.17) is 4.74 Å². The molecule has 0 aliphatic heterocycles. The Bertz CT molecular complexity index is 955. The van der Waals surface area contributed by atoms with Crippen LogP contribution in [-0.4, -0.2) is 33.7 Å². The Morgan fingerprint density at radius 2 is 1.86 bits per heavy atom. The number of nitro benzene ring substituents is 2. The van der Waals surface area contributed by atoms with Gasteiger partial charge in [-0.25, -0.2) is 5.43 Å². The number of nitro groups is 2. The van der Waals surface area contributed by atoms with Crippen LogP contribution in [0.3, 0.4) is 0 Å². The van der Waals surface area contributed by atoms with Gasteiger partial charge in [-0.05, 0) is 23.6 Å². The lowest BCUT2D eigenvalue weighted by Crippen LogP contribution is -2.24. The van der Waals surface area contributed by atoms with Crippen molar-refractivity contribution in [2.45, 2.75) is 19.8 Å². The first-order valence-electron chi connectivity index (χ1n) is 8.39. The Kier molecular flexibility index (Phi) is 6.80. The zero-order valence-corrected chi connectivity index (χ0v) is 15.6. The summed E-state index contributed by atoms with van der Waals surface area (Å²) >= 11 is 0. The van der Waals surface area contributed by atoms with Crippen molar-refractivity contribution in [3.63, 3.8) is 0 Å². The minimum atomic E-state index is -0.962. The second-order valence-electron chi connectivity index (χ2n) is 6.22. The molecular weight excluding hydrogens is 384 g/mol. The average molecular weight is 402 g/mol. The smallest absolute Gasteiger partial charge is 0.318 e. The molecule has 11 heteroatoms. The van der Waals surface area contributed by atoms with Crippen LogP contribution in [0.25, 0.3) is 0 Å². The molecule has 29 heavy (non-hydrogen) atoms. The van der Waals surface area contributed by atoms with Gasteiger partial charge < -0.3 is 9.84 Å². The minimum Gasteiger partial charge on any atom is -0.502 e. The van der Waals surface area contributed by atoms with E-state index in [1.807, 2.05) is 12.1 Å². The molecule has 2 aromatic carbocycles. The number of non-ortho nitro benzene ring substituents is 1. The van der Waals surface area contributed by atoms with Crippen molar-refractivity contribution in [2.24, 2.45) is 5.10 Å². The third kappa shape index (κ3) is 5.73. The van der Waals surface area contributed by atoms with Crippen molar-refractivity contribution in [1.82, 2.24) is 5.43 Å². The number of hydrogen-bond acceptors (Lipinski definition) is 8. The number of carbonyl (C=O) groups excluding carboxylic acids is 1. The number of phenols is 1. The third-order valence-electron chi connectivity index (χ3n) is 3.82. The van der Waals surface area contributed by atoms with Gasteiger partial charge in [0, 0.05) is 6.07 Å². The summed E-state index contributed by atoms with van der Waals surface area (Å²) in [6.07, 6.45) is 0.866. The van der Waals surface area contributed by atoms with Crippen LogP contribution in [0.2, 0.25) is 0 Å². The van der Waals surface area contributed by atoms with Crippen molar-refractivity contribution in [3.8, 4) is 11.5 Å². The summed E-state index contributed by atoms with van der Waals surface area (Å²) in [5.41, 5.74) is 1.49. The van der Waals surface area contributed by atoms with Crippen LogP contribution in [0, 0.1) is 20.2 Å². The highest BCUT2D eigenvalue weighted by atomic mass is 16.6. The molecule has 11 nitrogen and oxygen atoms in total. The molecular formula is C18H18N4O7. The van der Waals surface area contributed by atoms with E-state index in [1.54, 1.807) is 12.1 Å². The number of hydrogen-bond donors (Lipinski definition) is 2. The SMILES string of the molecule is CC(C)c1ccc(OCC(=O)N/N=C\c2cc([N+](=O)[O-])cc([N+](=O)[O-])c2O)cc1. The molecule has 0 saturated carbocycles. The number of amides is 1. The summed E-state index contributed by atoms with van der Waals surface area (Å²) in [6.45, 7) is 3.75. The van der Waals surface area contributed by atoms with Crippen LogP contribution in [0.5, 0.6) is 11.5 Å². The van der Waals surface area contributed by atoms with E-state index in [0.717, 1.165) is 17.8 Å². The normalized spacial score (nSPS) is 10.9. The molecule has 2 aromatic rings. The Hall–Kier alpha value is -4.02. The Morgan fingerprint density at radius 3 is 2.41 bits per heavy atom. The molecule has 0 spiro atoms. The van der Waals surface area contributed by atoms with Crippen LogP contribution in [0.1, 0.15) is 30.9 Å². The van der Waals surface area contributed by atoms with Gasteiger partial charge in [0.1, 0.15) is 5.75 Å². The molecule has 0 atom stereocenters. The van der Waals surface area contributed by atoms with E-state index in [-0.39, 0.29) is 12.2 Å². The molecule has 0 unspecified atom stereocenters. The first kappa shape index (κ1) is 21.3. The summed E-state index contributed by atoms with van der Waals surface area (Å²) in [5.74, 6) is -0.586. The fourth-order valence-electron chi connectivity index (χ4n) is 2.27. The number of ether oxygens (including phenoxy) is 1. The van der Waals surface area contributed by atoms with Gasteiger partial charge in [-0.3, -0.25) is 25.0 Å². The Morgan fingerprint density at radius 1 is 1.21 bits per heavy atom. The van der Waals surface area contributed by atoms with Gasteiger partial charge in [0.05, 0.1) is 27.7 Å². The van der Waals surface area contributed by atoms with Crippen molar-refractivity contribution >= 4 is 23.5 Å². The van der Waals surface area contributed by atoms with Gasteiger partial charge in [-0.1, -0.05) is 26.0 Å². The monoisotopic (exact) mass is 402 g/mol. The first-order chi connectivity index (χ1) is 13.7. The van der Waals surface area contributed by atoms with Crippen molar-refractivity contribution in [1.29, 1.82) is 0 Å². The quantitative estimate of drug-likeness (QED) is 0.390. The minimum absolute atomic E-state index is 0.295. The van der Waals surface area contributed by atoms with Gasteiger partial charge in [0.25, 0.3) is 11.6 Å². The van der Waals surface area contributed by atoms with Gasteiger partial charge in [0.2, 0.25) is 5.75 Å². The van der Waals surface area contributed by atoms with Crippen LogP contribution in [0.4, 0.5) is 11.4 Å². The molecule has 0 aliphatic rings. The molecule has 152 valence electrons. The van der Waals surface area contributed by atoms with Crippen molar-refractivity contribution < 1.29 is 24.5 Å². The zero-order chi connectivity index (χ0) is 21.6. The molecule has 2 N–H and O–H groups in total. The number of benzene rings is 2. The van der Waals surface area contributed by atoms with Gasteiger partial charge in [0.15, 0.2) is 6.61 Å². The lowest BCUT2D eigenvalue weighted by molar-refractivity contribution is -0.394. The molecule has 0 fully saturated rings. The Balaban J connectivity index is 2.00. The van der Waals surface area contributed by atoms with Crippen molar-refractivity contribution in [2.75, 3.05) is 6.61 Å². The van der Waals surface area contributed by atoms with Gasteiger partial charge in [-0.15, -0.1) is 0 Å². The van der Waals surface area contributed by atoms with Gasteiger partial charge >= 0.3 is 5.69 Å². The number of nitrogens with zero attached hydrogens (tertiary/aromatic N) is 3. The highest BCUT2D eigenvalue weighted by molar-refractivity contribution is 5.88. The number of nitrogens with one attached hydrogen (secondary N) is 1. The van der Waals surface area contributed by atoms with Gasteiger partial charge in [-0.2, -0.15) is 5.10 Å². The van der Waals surface area contributed by atoms with E-state index >= 15 is 0 Å². The van der Waals surface area contributed by atoms with E-state index in [1.165, 1.54) is 0 Å². The van der Waals surface area contributed by atoms with Crippen LogP contribution in [0.15, 0.2) is 41.5 Å². The Labute approximate surface area is 164 Å². The second kappa shape index (κ2) is 9.26. The summed E-state index contributed by atoms with van der Waals surface area (Å²) in [6, 6.07) is 8.74. The summed E-state index contributed by atoms with van der Waals surface area (Å²) in [5, 5.41) is 35.2. The molecule has 2 rings (SSSR count). The first-order valence-corrected chi connectivity index (χ1v) is 8.39. The fourth-order valence-corrected chi connectivity index (χ4v) is 2.27. The summed E-state index contributed by atoms with van der Waals surface area (Å²) in [7, 11) is 0. The average Bonchev–Trinajstić information content (AvgIpc) is 2.67. The van der Waals surface area contributed by atoms with E-state index in [0.29, 0.717) is 17.7 Å². The van der Waals surface area contributed by atoms with Crippen LogP contribution in [-0.2, 0) is 4.79 Å². The highest BCUT2D eigenvalue weighted by Gasteiger charge is 2.23. The summed E-state index contributed by atoms with van der Waals surface area (Å²) < 4.78 is 5.32. The van der Waals surface area contributed by atoms with Crippen LogP contribution >= 0.6 is 0 Å². The number of hydrazone groups is 1. The van der Waals surface area contributed by atoms with E-state index in [9.17, 15) is 30.1 Å². The number of carbonyl (C=O) groups is 1. The van der Waals surface area contributed by atoms with Crippen molar-refractivity contribution in [3.05, 3.63) is 67.8 Å². The van der Waals surface area contributed by atoms with Crippen LogP contribution < -0.4 is 10.2 Å². The number of phenolic OH excluding ortho intramolecular Hbond substituents is 1. The highest BCUT2D eigenvalue weighted by Crippen LogP contribution is 2.33. The topological polar surface area (TPSA) is 157 Å². The molecule has 0 aromatic heterocycles. The summed E-state index contributed by atoms with van der Waals surface area (Å²) in [4.78, 5) is 31.8. The molecule has 0 saturated heterocycles. The molecule has 0 radical (unpaired) electrons. The maximum atomic E-state index is 11.8. The molecule has 1 amide bonds. The predicted octanol–water partition coefficient (Wildman–Crippen LogP) is 2.86. The number of aromatic hydroxyl groups is 1. The lowest BCUT2D eigenvalue weighted by Gasteiger charge is -2.08. The predicted molar refractivity (Wildman–Crippen MR) is 103 cm³/mol. The maximum absolute atomic E-state index is 11.8. The third-order valence-corrected chi connectivity index (χ3v) is 3.82. The fraction of sp³-hybridized carbons (Fsp3) is 0.222. The number of rotatable bonds is 8.